The molecular formula is C9H10N4O. The fourth-order valence-corrected chi connectivity index (χ4v) is 1.67. The van der Waals surface area contributed by atoms with Crippen molar-refractivity contribution >= 4 is 16.9 Å². The van der Waals surface area contributed by atoms with E-state index in [-0.39, 0.29) is 5.43 Å². The molecule has 0 bridgehead atoms. The van der Waals surface area contributed by atoms with Crippen molar-refractivity contribution in [2.75, 3.05) is 31.1 Å². The molecule has 0 unspecified atom stereocenters. The lowest BCUT2D eigenvalue weighted by molar-refractivity contribution is 0.581. The van der Waals surface area contributed by atoms with E-state index in [1.54, 1.807) is 6.20 Å². The van der Waals surface area contributed by atoms with E-state index in [0.29, 0.717) is 16.9 Å². The highest BCUT2D eigenvalue weighted by Gasteiger charge is 2.19. The number of rotatable bonds is 1. The monoisotopic (exact) mass is 190 g/mol. The maximum Gasteiger partial charge on any atom is 0.226 e. The van der Waals surface area contributed by atoms with Gasteiger partial charge in [-0.15, -0.1) is 0 Å². The molecular weight excluding hydrogens is 180 g/mol. The van der Waals surface area contributed by atoms with Crippen LogP contribution in [0.4, 0.5) is 5.95 Å². The highest BCUT2D eigenvalue weighted by molar-refractivity contribution is 5.93. The minimum Gasteiger partial charge on any atom is -0.338 e. The zero-order valence-electron chi connectivity index (χ0n) is 7.66. The summed E-state index contributed by atoms with van der Waals surface area (Å²) < 4.78 is 0. The third kappa shape index (κ3) is 1.09. The second kappa shape index (κ2) is 2.75. The molecule has 1 N–H and O–H groups in total. The standard InChI is InChI=1S/C9H10N4O/c14-8-6-5-11-9(12-7(6)8)13-3-1-10-2-4-13/h5,10H,1-4H2. The summed E-state index contributed by atoms with van der Waals surface area (Å²) in [6.07, 6.45) is 1.63. The van der Waals surface area contributed by atoms with Gasteiger partial charge in [0.25, 0.3) is 0 Å². The van der Waals surface area contributed by atoms with Crippen LogP contribution in [0.25, 0.3) is 10.9 Å². The van der Waals surface area contributed by atoms with Gasteiger partial charge in [-0.2, -0.15) is 0 Å². The molecule has 2 aromatic rings. The van der Waals surface area contributed by atoms with Crippen LogP contribution < -0.4 is 15.6 Å². The van der Waals surface area contributed by atoms with Crippen molar-refractivity contribution in [1.82, 2.24) is 15.3 Å². The van der Waals surface area contributed by atoms with Gasteiger partial charge in [-0.3, -0.25) is 4.79 Å². The number of hydrogen-bond acceptors (Lipinski definition) is 5. The number of nitrogens with zero attached hydrogens (tertiary/aromatic N) is 3. The van der Waals surface area contributed by atoms with Gasteiger partial charge in [-0.1, -0.05) is 0 Å². The normalized spacial score (nSPS) is 18.1. The van der Waals surface area contributed by atoms with E-state index in [0.717, 1.165) is 26.2 Å². The third-order valence-corrected chi connectivity index (χ3v) is 2.57. The van der Waals surface area contributed by atoms with Gasteiger partial charge < -0.3 is 10.2 Å². The van der Waals surface area contributed by atoms with Crippen molar-refractivity contribution in [2.45, 2.75) is 0 Å². The minimum absolute atomic E-state index is 0.0545. The molecule has 0 atom stereocenters. The van der Waals surface area contributed by atoms with Gasteiger partial charge >= 0.3 is 0 Å². The Hall–Kier alpha value is -1.49. The van der Waals surface area contributed by atoms with Gasteiger partial charge in [-0.25, -0.2) is 9.97 Å². The summed E-state index contributed by atoms with van der Waals surface area (Å²) in [6, 6.07) is 0. The van der Waals surface area contributed by atoms with Crippen molar-refractivity contribution in [2.24, 2.45) is 0 Å². The molecule has 1 aliphatic rings. The lowest BCUT2D eigenvalue weighted by Gasteiger charge is -2.26. The van der Waals surface area contributed by atoms with Crippen LogP contribution in [0.3, 0.4) is 0 Å². The average Bonchev–Trinajstić information content (AvgIpc) is 2.91. The number of nitrogens with one attached hydrogen (secondary N) is 1. The molecule has 5 heteroatoms. The Bertz CT molecular complexity index is 479. The largest absolute Gasteiger partial charge is 0.338 e. The summed E-state index contributed by atoms with van der Waals surface area (Å²) in [5, 5.41) is 3.94. The van der Waals surface area contributed by atoms with Gasteiger partial charge in [-0.05, 0) is 0 Å². The number of anilines is 1. The molecule has 1 aromatic carbocycles. The first-order valence-corrected chi connectivity index (χ1v) is 4.73. The molecule has 3 rings (SSSR count). The number of piperazine rings is 1. The Morgan fingerprint density at radius 2 is 2.14 bits per heavy atom. The highest BCUT2D eigenvalue weighted by atomic mass is 16.1. The van der Waals surface area contributed by atoms with E-state index in [1.807, 2.05) is 0 Å². The molecule has 1 saturated heterocycles. The first-order chi connectivity index (χ1) is 6.86. The second-order valence-corrected chi connectivity index (χ2v) is 3.50. The summed E-state index contributed by atoms with van der Waals surface area (Å²) in [4.78, 5) is 21.5. The van der Waals surface area contributed by atoms with E-state index in [4.69, 9.17) is 0 Å². The molecule has 0 aliphatic carbocycles. The number of aromatic nitrogens is 2. The highest BCUT2D eigenvalue weighted by Crippen LogP contribution is 2.15. The Kier molecular flexibility index (Phi) is 1.55. The quantitative estimate of drug-likeness (QED) is 0.642. The van der Waals surface area contributed by atoms with Gasteiger partial charge in [0.1, 0.15) is 5.52 Å². The number of hydrogen-bond donors (Lipinski definition) is 1. The molecule has 72 valence electrons. The molecule has 1 aromatic heterocycles. The zero-order chi connectivity index (χ0) is 9.54. The van der Waals surface area contributed by atoms with Gasteiger partial charge in [0.2, 0.25) is 11.4 Å². The molecule has 1 aliphatic heterocycles. The Morgan fingerprint density at radius 1 is 1.36 bits per heavy atom. The van der Waals surface area contributed by atoms with Crippen LogP contribution in [0, 0.1) is 0 Å². The predicted octanol–water partition coefficient (Wildman–Crippen LogP) is -0.725. The topological polar surface area (TPSA) is 58.1 Å². The maximum absolute atomic E-state index is 11.0. The van der Waals surface area contributed by atoms with Crippen LogP contribution in [-0.2, 0) is 0 Å². The van der Waals surface area contributed by atoms with Crippen LogP contribution in [0.5, 0.6) is 0 Å². The summed E-state index contributed by atoms with van der Waals surface area (Å²) in [7, 11) is 0. The first kappa shape index (κ1) is 7.87. The second-order valence-electron chi connectivity index (χ2n) is 3.50. The zero-order valence-corrected chi connectivity index (χ0v) is 7.66. The lowest BCUT2D eigenvalue weighted by atomic mass is 10.4. The van der Waals surface area contributed by atoms with E-state index in [2.05, 4.69) is 20.2 Å². The van der Waals surface area contributed by atoms with Crippen LogP contribution >= 0.6 is 0 Å². The molecule has 0 radical (unpaired) electrons. The fourth-order valence-electron chi connectivity index (χ4n) is 1.67. The Balaban J connectivity index is 1.92. The summed E-state index contributed by atoms with van der Waals surface area (Å²) in [5.74, 6) is 0.691. The molecule has 0 amide bonds. The van der Waals surface area contributed by atoms with E-state index in [9.17, 15) is 4.79 Å². The van der Waals surface area contributed by atoms with Crippen molar-refractivity contribution in [3.63, 3.8) is 0 Å². The molecule has 0 spiro atoms. The summed E-state index contributed by atoms with van der Waals surface area (Å²) >= 11 is 0. The van der Waals surface area contributed by atoms with Crippen LogP contribution in [0.15, 0.2) is 11.0 Å². The van der Waals surface area contributed by atoms with E-state index >= 15 is 0 Å². The molecule has 5 nitrogen and oxygen atoms in total. The predicted molar refractivity (Wildman–Crippen MR) is 53.3 cm³/mol. The number of fused-ring (bicyclic) bond motifs is 1. The average molecular weight is 190 g/mol. The molecule has 1 fully saturated rings. The van der Waals surface area contributed by atoms with Crippen molar-refractivity contribution < 1.29 is 0 Å². The lowest BCUT2D eigenvalue weighted by Crippen LogP contribution is -2.44. The van der Waals surface area contributed by atoms with E-state index < -0.39 is 0 Å². The van der Waals surface area contributed by atoms with E-state index in [1.165, 1.54) is 0 Å². The van der Waals surface area contributed by atoms with Crippen LogP contribution in [0.1, 0.15) is 0 Å². The maximum atomic E-state index is 11.0. The molecule has 0 saturated carbocycles. The van der Waals surface area contributed by atoms with Crippen LogP contribution in [-0.4, -0.2) is 36.1 Å². The van der Waals surface area contributed by atoms with Crippen LogP contribution in [0.2, 0.25) is 0 Å². The van der Waals surface area contributed by atoms with Gasteiger partial charge in [0.15, 0.2) is 0 Å². The third-order valence-electron chi connectivity index (χ3n) is 2.57. The SMILES string of the molecule is O=c1c2cnc(N3CCNCC3)nc12. The summed E-state index contributed by atoms with van der Waals surface area (Å²) in [5.41, 5.74) is 0.660. The fraction of sp³-hybridized carbons (Fsp3) is 0.444. The summed E-state index contributed by atoms with van der Waals surface area (Å²) in [6.45, 7) is 3.72. The smallest absolute Gasteiger partial charge is 0.226 e. The van der Waals surface area contributed by atoms with Crippen molar-refractivity contribution in [3.05, 3.63) is 16.4 Å². The Morgan fingerprint density at radius 3 is 2.86 bits per heavy atom. The minimum atomic E-state index is 0.0545. The van der Waals surface area contributed by atoms with Crippen molar-refractivity contribution in [1.29, 1.82) is 0 Å². The Labute approximate surface area is 80.4 Å². The first-order valence-electron chi connectivity index (χ1n) is 4.73. The van der Waals surface area contributed by atoms with Gasteiger partial charge in [0.05, 0.1) is 5.39 Å². The van der Waals surface area contributed by atoms with Gasteiger partial charge in [0, 0.05) is 32.4 Å². The molecule has 14 heavy (non-hydrogen) atoms. The van der Waals surface area contributed by atoms with Crippen molar-refractivity contribution in [3.8, 4) is 0 Å². The molecule has 2 heterocycles.